The summed E-state index contributed by atoms with van der Waals surface area (Å²) in [6.45, 7) is 0. The number of benzene rings is 2. The Morgan fingerprint density at radius 1 is 1.24 bits per heavy atom. The fourth-order valence-corrected chi connectivity index (χ4v) is 3.53. The highest BCUT2D eigenvalue weighted by Gasteiger charge is 2.18. The highest BCUT2D eigenvalue weighted by atomic mass is 79.9. The smallest absolute Gasteiger partial charge is 0.262 e. The molecule has 0 atom stereocenters. The molecule has 0 bridgehead atoms. The lowest BCUT2D eigenvalue weighted by Gasteiger charge is -2.10. The number of rotatable bonds is 4. The molecule has 8 heteroatoms. The van der Waals surface area contributed by atoms with Crippen LogP contribution in [0.25, 0.3) is 0 Å². The Bertz CT molecular complexity index is 783. The van der Waals surface area contributed by atoms with Gasteiger partial charge in [-0.3, -0.25) is 4.72 Å². The van der Waals surface area contributed by atoms with Gasteiger partial charge < -0.3 is 4.74 Å². The number of sulfonamides is 1. The van der Waals surface area contributed by atoms with Crippen LogP contribution in [0.2, 0.25) is 5.02 Å². The van der Waals surface area contributed by atoms with Gasteiger partial charge in [-0.05, 0) is 52.3 Å². The van der Waals surface area contributed by atoms with Crippen LogP contribution in [0.1, 0.15) is 0 Å². The first kappa shape index (κ1) is 16.1. The Kier molecular flexibility index (Phi) is 4.75. The predicted molar refractivity (Wildman–Crippen MR) is 82.9 cm³/mol. The fraction of sp³-hybridized carbons (Fsp3) is 0.0769. The van der Waals surface area contributed by atoms with Gasteiger partial charge in [-0.1, -0.05) is 11.6 Å². The Balaban J connectivity index is 2.36. The SMILES string of the molecule is COc1ccc(S(=O)(=O)Nc2ccc(Cl)cc2F)cc1Br. The van der Waals surface area contributed by atoms with Crippen molar-refractivity contribution in [3.8, 4) is 5.75 Å². The minimum atomic E-state index is -3.91. The molecule has 2 aromatic carbocycles. The molecule has 0 amide bonds. The van der Waals surface area contributed by atoms with Crippen molar-refractivity contribution in [3.05, 3.63) is 51.7 Å². The van der Waals surface area contributed by atoms with Crippen LogP contribution in [0.3, 0.4) is 0 Å². The summed E-state index contributed by atoms with van der Waals surface area (Å²) in [5, 5.41) is 0.183. The van der Waals surface area contributed by atoms with Crippen molar-refractivity contribution in [1.29, 1.82) is 0 Å². The minimum absolute atomic E-state index is 0.0236. The molecule has 2 rings (SSSR count). The van der Waals surface area contributed by atoms with Gasteiger partial charge in [0.25, 0.3) is 10.0 Å². The maximum absolute atomic E-state index is 13.7. The molecule has 0 aliphatic carbocycles. The average molecular weight is 395 g/mol. The van der Waals surface area contributed by atoms with E-state index >= 15 is 0 Å². The summed E-state index contributed by atoms with van der Waals surface area (Å²) in [5.41, 5.74) is -0.175. The summed E-state index contributed by atoms with van der Waals surface area (Å²) in [7, 11) is -2.45. The normalized spacial score (nSPS) is 11.2. The van der Waals surface area contributed by atoms with E-state index in [1.807, 2.05) is 0 Å². The van der Waals surface area contributed by atoms with Crippen LogP contribution < -0.4 is 9.46 Å². The number of methoxy groups -OCH3 is 1. The number of hydrogen-bond acceptors (Lipinski definition) is 3. The van der Waals surface area contributed by atoms with E-state index in [0.29, 0.717) is 10.2 Å². The van der Waals surface area contributed by atoms with Gasteiger partial charge in [-0.2, -0.15) is 0 Å². The molecular weight excluding hydrogens is 385 g/mol. The number of halogens is 3. The number of hydrogen-bond donors (Lipinski definition) is 1. The number of ether oxygens (including phenoxy) is 1. The van der Waals surface area contributed by atoms with E-state index in [2.05, 4.69) is 20.7 Å². The minimum Gasteiger partial charge on any atom is -0.496 e. The average Bonchev–Trinajstić information content (AvgIpc) is 2.42. The van der Waals surface area contributed by atoms with Gasteiger partial charge in [-0.25, -0.2) is 12.8 Å². The van der Waals surface area contributed by atoms with Gasteiger partial charge >= 0.3 is 0 Å². The van der Waals surface area contributed by atoms with Gasteiger partial charge in [-0.15, -0.1) is 0 Å². The number of nitrogens with one attached hydrogen (secondary N) is 1. The van der Waals surface area contributed by atoms with Crippen LogP contribution in [0.15, 0.2) is 45.8 Å². The number of anilines is 1. The molecule has 0 radical (unpaired) electrons. The first-order valence-corrected chi connectivity index (χ1v) is 8.30. The Morgan fingerprint density at radius 3 is 2.52 bits per heavy atom. The third-order valence-corrected chi connectivity index (χ3v) is 4.83. The highest BCUT2D eigenvalue weighted by Crippen LogP contribution is 2.29. The molecule has 112 valence electrons. The first-order valence-electron chi connectivity index (χ1n) is 5.65. The van der Waals surface area contributed by atoms with Crippen molar-refractivity contribution < 1.29 is 17.5 Å². The van der Waals surface area contributed by atoms with Crippen LogP contribution in [0.5, 0.6) is 5.75 Å². The van der Waals surface area contributed by atoms with E-state index in [4.69, 9.17) is 16.3 Å². The topological polar surface area (TPSA) is 55.4 Å². The molecule has 0 heterocycles. The molecule has 0 spiro atoms. The van der Waals surface area contributed by atoms with Gasteiger partial charge in [0.05, 0.1) is 22.2 Å². The fourth-order valence-electron chi connectivity index (χ4n) is 1.59. The van der Waals surface area contributed by atoms with Crippen LogP contribution in [-0.4, -0.2) is 15.5 Å². The summed E-state index contributed by atoms with van der Waals surface area (Å²) in [4.78, 5) is -0.0236. The van der Waals surface area contributed by atoms with E-state index in [9.17, 15) is 12.8 Å². The second kappa shape index (κ2) is 6.21. The monoisotopic (exact) mass is 393 g/mol. The molecule has 0 saturated heterocycles. The lowest BCUT2D eigenvalue weighted by atomic mass is 10.3. The maximum Gasteiger partial charge on any atom is 0.262 e. The molecule has 0 unspecified atom stereocenters. The zero-order chi connectivity index (χ0) is 15.6. The molecule has 1 N–H and O–H groups in total. The van der Waals surface area contributed by atoms with Gasteiger partial charge in [0.15, 0.2) is 0 Å². The zero-order valence-electron chi connectivity index (χ0n) is 10.7. The maximum atomic E-state index is 13.7. The lowest BCUT2D eigenvalue weighted by molar-refractivity contribution is 0.411. The van der Waals surface area contributed by atoms with Gasteiger partial charge in [0.2, 0.25) is 0 Å². The standard InChI is InChI=1S/C13H10BrClFNO3S/c1-20-13-5-3-9(7-10(13)14)21(18,19)17-12-4-2-8(15)6-11(12)16/h2-7,17H,1H3. The zero-order valence-corrected chi connectivity index (χ0v) is 13.9. The van der Waals surface area contributed by atoms with Crippen molar-refractivity contribution in [2.24, 2.45) is 0 Å². The highest BCUT2D eigenvalue weighted by molar-refractivity contribution is 9.10. The molecular formula is C13H10BrClFNO3S. The van der Waals surface area contributed by atoms with E-state index in [1.165, 1.54) is 37.4 Å². The van der Waals surface area contributed by atoms with Crippen LogP contribution in [-0.2, 0) is 10.0 Å². The quantitative estimate of drug-likeness (QED) is 0.851. The molecule has 21 heavy (non-hydrogen) atoms. The molecule has 0 fully saturated rings. The second-order valence-corrected chi connectivity index (χ2v) is 7.00. The van der Waals surface area contributed by atoms with Crippen molar-refractivity contribution in [3.63, 3.8) is 0 Å². The van der Waals surface area contributed by atoms with E-state index < -0.39 is 15.8 Å². The van der Waals surface area contributed by atoms with Crippen molar-refractivity contribution in [2.75, 3.05) is 11.8 Å². The molecule has 0 aliphatic rings. The first-order chi connectivity index (χ1) is 9.83. The third kappa shape index (κ3) is 3.66. The van der Waals surface area contributed by atoms with E-state index in [-0.39, 0.29) is 15.6 Å². The van der Waals surface area contributed by atoms with Crippen molar-refractivity contribution in [2.45, 2.75) is 4.90 Å². The molecule has 4 nitrogen and oxygen atoms in total. The third-order valence-electron chi connectivity index (χ3n) is 2.61. The van der Waals surface area contributed by atoms with Crippen LogP contribution >= 0.6 is 27.5 Å². The Morgan fingerprint density at radius 2 is 1.95 bits per heavy atom. The summed E-state index contributed by atoms with van der Waals surface area (Å²) < 4.78 is 45.8. The summed E-state index contributed by atoms with van der Waals surface area (Å²) in [5.74, 6) is -0.259. The van der Waals surface area contributed by atoms with E-state index in [1.54, 1.807) is 0 Å². The Hall–Kier alpha value is -1.31. The van der Waals surface area contributed by atoms with Crippen LogP contribution in [0.4, 0.5) is 10.1 Å². The lowest BCUT2D eigenvalue weighted by Crippen LogP contribution is -2.14. The van der Waals surface area contributed by atoms with E-state index in [0.717, 1.165) is 6.07 Å². The van der Waals surface area contributed by atoms with Crippen molar-refractivity contribution in [1.82, 2.24) is 0 Å². The summed E-state index contributed by atoms with van der Waals surface area (Å²) in [6, 6.07) is 7.91. The Labute approximate surface area is 135 Å². The van der Waals surface area contributed by atoms with Crippen molar-refractivity contribution >= 4 is 43.2 Å². The second-order valence-electron chi connectivity index (χ2n) is 4.03. The molecule has 2 aromatic rings. The predicted octanol–water partition coefficient (Wildman–Crippen LogP) is 4.05. The summed E-state index contributed by atoms with van der Waals surface area (Å²) in [6.07, 6.45) is 0. The van der Waals surface area contributed by atoms with Gasteiger partial charge in [0.1, 0.15) is 11.6 Å². The molecule has 0 aromatic heterocycles. The van der Waals surface area contributed by atoms with Gasteiger partial charge in [0, 0.05) is 5.02 Å². The molecule has 0 aliphatic heterocycles. The molecule has 0 saturated carbocycles. The largest absolute Gasteiger partial charge is 0.496 e. The van der Waals surface area contributed by atoms with Crippen LogP contribution in [0, 0.1) is 5.82 Å². The summed E-state index contributed by atoms with van der Waals surface area (Å²) >= 11 is 8.82.